The summed E-state index contributed by atoms with van der Waals surface area (Å²) in [6, 6.07) is 22.2. The molecule has 0 fully saturated rings. The van der Waals surface area contributed by atoms with Crippen molar-refractivity contribution < 1.29 is 4.74 Å². The Labute approximate surface area is 187 Å². The molecular formula is C26H26N4O2. The monoisotopic (exact) mass is 426 g/mol. The highest BCUT2D eigenvalue weighted by atomic mass is 16.5. The van der Waals surface area contributed by atoms with Crippen LogP contribution in [0.1, 0.15) is 22.5 Å². The van der Waals surface area contributed by atoms with E-state index < -0.39 is 0 Å². The van der Waals surface area contributed by atoms with Crippen molar-refractivity contribution in [2.45, 2.75) is 26.1 Å². The van der Waals surface area contributed by atoms with Gasteiger partial charge in [-0.3, -0.25) is 9.69 Å². The minimum atomic E-state index is -0.0350. The van der Waals surface area contributed by atoms with E-state index in [0.29, 0.717) is 12.4 Å². The Balaban J connectivity index is 1.31. The fourth-order valence-corrected chi connectivity index (χ4v) is 4.25. The molecule has 0 atom stereocenters. The molecule has 2 aromatic heterocycles. The van der Waals surface area contributed by atoms with Crippen molar-refractivity contribution in [1.82, 2.24) is 19.4 Å². The lowest BCUT2D eigenvalue weighted by Gasteiger charge is -2.28. The summed E-state index contributed by atoms with van der Waals surface area (Å²) >= 11 is 0. The van der Waals surface area contributed by atoms with Gasteiger partial charge in [-0.15, -0.1) is 0 Å². The topological polar surface area (TPSA) is 63.1 Å². The molecule has 0 aliphatic carbocycles. The summed E-state index contributed by atoms with van der Waals surface area (Å²) in [5, 5.41) is 0. The van der Waals surface area contributed by atoms with Crippen molar-refractivity contribution in [3.05, 3.63) is 106 Å². The molecule has 0 saturated carbocycles. The van der Waals surface area contributed by atoms with E-state index in [9.17, 15) is 4.79 Å². The molecule has 0 saturated heterocycles. The largest absolute Gasteiger partial charge is 0.497 e. The average Bonchev–Trinajstić information content (AvgIpc) is 3.26. The Bertz CT molecular complexity index is 1260. The molecule has 0 bridgehead atoms. The number of aromatic nitrogens is 3. The van der Waals surface area contributed by atoms with E-state index >= 15 is 0 Å². The molecule has 4 aromatic rings. The lowest BCUT2D eigenvalue weighted by atomic mass is 10.1. The van der Waals surface area contributed by atoms with Gasteiger partial charge in [0.1, 0.15) is 11.6 Å². The van der Waals surface area contributed by atoms with E-state index in [-0.39, 0.29) is 5.56 Å². The summed E-state index contributed by atoms with van der Waals surface area (Å²) in [5.74, 6) is 1.51. The van der Waals surface area contributed by atoms with Crippen LogP contribution in [0.4, 0.5) is 0 Å². The molecule has 0 spiro atoms. The maximum atomic E-state index is 12.8. The number of hydrogen-bond acceptors (Lipinski definition) is 4. The van der Waals surface area contributed by atoms with Crippen molar-refractivity contribution in [2.24, 2.45) is 0 Å². The van der Waals surface area contributed by atoms with Crippen molar-refractivity contribution >= 4 is 0 Å². The quantitative estimate of drug-likeness (QED) is 0.509. The third-order valence-corrected chi connectivity index (χ3v) is 6.02. The van der Waals surface area contributed by atoms with Gasteiger partial charge in [0, 0.05) is 50.1 Å². The molecule has 32 heavy (non-hydrogen) atoms. The number of aromatic amines is 1. The highest BCUT2D eigenvalue weighted by Crippen LogP contribution is 2.21. The van der Waals surface area contributed by atoms with E-state index in [4.69, 9.17) is 9.72 Å². The Morgan fingerprint density at radius 2 is 1.81 bits per heavy atom. The summed E-state index contributed by atoms with van der Waals surface area (Å²) in [7, 11) is 1.68. The van der Waals surface area contributed by atoms with E-state index in [1.165, 1.54) is 11.3 Å². The normalized spacial score (nSPS) is 13.7. The first-order valence-electron chi connectivity index (χ1n) is 10.9. The fraction of sp³-hybridized carbons (Fsp3) is 0.231. The maximum absolute atomic E-state index is 12.8. The second kappa shape index (κ2) is 8.85. The average molecular weight is 427 g/mol. The number of fused-ring (bicyclic) bond motifs is 1. The molecular weight excluding hydrogens is 400 g/mol. The maximum Gasteiger partial charge on any atom is 0.255 e. The third-order valence-electron chi connectivity index (χ3n) is 6.02. The van der Waals surface area contributed by atoms with E-state index in [2.05, 4.69) is 44.9 Å². The number of ether oxygens (including phenoxy) is 1. The van der Waals surface area contributed by atoms with Gasteiger partial charge in [-0.25, -0.2) is 4.98 Å². The number of rotatable bonds is 6. The minimum absolute atomic E-state index is 0.0350. The van der Waals surface area contributed by atoms with Crippen LogP contribution in [0.3, 0.4) is 0 Å². The van der Waals surface area contributed by atoms with Gasteiger partial charge < -0.3 is 14.3 Å². The standard InChI is InChI=1S/C26H26N4O2/c1-32-22-11-9-19(10-12-22)16-30-14-5-8-21(30)17-29-15-13-24-23(18-29)26(31)28-25(27-24)20-6-3-2-4-7-20/h2-12,14H,13,15-18H2,1H3,(H,27,28,31). The number of methoxy groups -OCH3 is 1. The zero-order valence-electron chi connectivity index (χ0n) is 18.1. The summed E-state index contributed by atoms with van der Waals surface area (Å²) < 4.78 is 7.51. The van der Waals surface area contributed by atoms with Crippen LogP contribution >= 0.6 is 0 Å². The Morgan fingerprint density at radius 3 is 2.59 bits per heavy atom. The van der Waals surface area contributed by atoms with Gasteiger partial charge in [-0.1, -0.05) is 42.5 Å². The first-order valence-corrected chi connectivity index (χ1v) is 10.9. The molecule has 0 unspecified atom stereocenters. The van der Waals surface area contributed by atoms with Crippen LogP contribution in [0.15, 0.2) is 77.7 Å². The third kappa shape index (κ3) is 4.22. The van der Waals surface area contributed by atoms with Gasteiger partial charge in [-0.05, 0) is 29.8 Å². The molecule has 1 N–H and O–H groups in total. The summed E-state index contributed by atoms with van der Waals surface area (Å²) in [6.45, 7) is 3.09. The summed E-state index contributed by atoms with van der Waals surface area (Å²) in [5.41, 5.74) is 5.05. The Hall–Kier alpha value is -3.64. The predicted octanol–water partition coefficient (Wildman–Crippen LogP) is 3.85. The summed E-state index contributed by atoms with van der Waals surface area (Å²) in [6.07, 6.45) is 2.89. The number of nitrogens with zero attached hydrogens (tertiary/aromatic N) is 3. The lowest BCUT2D eigenvalue weighted by molar-refractivity contribution is 0.236. The van der Waals surface area contributed by atoms with Gasteiger partial charge in [-0.2, -0.15) is 0 Å². The van der Waals surface area contributed by atoms with Gasteiger partial charge in [0.25, 0.3) is 5.56 Å². The molecule has 2 aromatic carbocycles. The van der Waals surface area contributed by atoms with Crippen molar-refractivity contribution in [2.75, 3.05) is 13.7 Å². The van der Waals surface area contributed by atoms with Gasteiger partial charge in [0.2, 0.25) is 0 Å². The van der Waals surface area contributed by atoms with Crippen molar-refractivity contribution in [3.63, 3.8) is 0 Å². The number of benzene rings is 2. The zero-order valence-corrected chi connectivity index (χ0v) is 18.1. The SMILES string of the molecule is COc1ccc(Cn2cccc2CN2CCc3nc(-c4ccccc4)[nH]c(=O)c3C2)cc1. The van der Waals surface area contributed by atoms with E-state index in [1.807, 2.05) is 42.5 Å². The predicted molar refractivity (Wildman–Crippen MR) is 125 cm³/mol. The lowest BCUT2D eigenvalue weighted by Crippen LogP contribution is -2.35. The molecule has 162 valence electrons. The second-order valence-corrected chi connectivity index (χ2v) is 8.14. The second-order valence-electron chi connectivity index (χ2n) is 8.14. The molecule has 6 nitrogen and oxygen atoms in total. The van der Waals surface area contributed by atoms with E-state index in [1.54, 1.807) is 7.11 Å². The van der Waals surface area contributed by atoms with Crippen LogP contribution in [-0.2, 0) is 26.1 Å². The van der Waals surface area contributed by atoms with Gasteiger partial charge >= 0.3 is 0 Å². The fourth-order valence-electron chi connectivity index (χ4n) is 4.25. The molecule has 1 aliphatic rings. The number of H-pyrrole nitrogens is 1. The van der Waals surface area contributed by atoms with Crippen molar-refractivity contribution in [3.8, 4) is 17.1 Å². The van der Waals surface area contributed by atoms with Gasteiger partial charge in [0.15, 0.2) is 0 Å². The van der Waals surface area contributed by atoms with Crippen LogP contribution in [0.5, 0.6) is 5.75 Å². The molecule has 1 aliphatic heterocycles. The Morgan fingerprint density at radius 1 is 1.00 bits per heavy atom. The van der Waals surface area contributed by atoms with Crippen LogP contribution in [0, 0.1) is 0 Å². The molecule has 0 radical (unpaired) electrons. The molecule has 0 amide bonds. The smallest absolute Gasteiger partial charge is 0.255 e. The van der Waals surface area contributed by atoms with E-state index in [0.717, 1.165) is 48.6 Å². The van der Waals surface area contributed by atoms with Crippen LogP contribution in [0.25, 0.3) is 11.4 Å². The van der Waals surface area contributed by atoms with Crippen LogP contribution in [-0.4, -0.2) is 33.1 Å². The zero-order chi connectivity index (χ0) is 21.9. The number of nitrogens with one attached hydrogen (secondary N) is 1. The minimum Gasteiger partial charge on any atom is -0.497 e. The summed E-state index contributed by atoms with van der Waals surface area (Å²) in [4.78, 5) is 22.9. The van der Waals surface area contributed by atoms with Crippen LogP contribution < -0.4 is 10.3 Å². The first-order chi connectivity index (χ1) is 15.7. The van der Waals surface area contributed by atoms with Gasteiger partial charge in [0.05, 0.1) is 18.4 Å². The first kappa shape index (κ1) is 20.3. The Kier molecular flexibility index (Phi) is 5.60. The molecule has 3 heterocycles. The van der Waals surface area contributed by atoms with Crippen LogP contribution in [0.2, 0.25) is 0 Å². The number of hydrogen-bond donors (Lipinski definition) is 1. The molecule has 6 heteroatoms. The highest BCUT2D eigenvalue weighted by molar-refractivity contribution is 5.54. The highest BCUT2D eigenvalue weighted by Gasteiger charge is 2.22. The van der Waals surface area contributed by atoms with Crippen molar-refractivity contribution in [1.29, 1.82) is 0 Å². The molecule has 5 rings (SSSR count).